The Bertz CT molecular complexity index is 1020. The molecule has 30 heavy (non-hydrogen) atoms. The number of likely N-dealkylation sites (N-methyl/N-ethyl adjacent to an activating group) is 1. The lowest BCUT2D eigenvalue weighted by Gasteiger charge is -2.26. The van der Waals surface area contributed by atoms with Crippen LogP contribution >= 0.6 is 11.6 Å². The molecule has 1 aromatic heterocycles. The van der Waals surface area contributed by atoms with E-state index in [4.69, 9.17) is 11.6 Å². The molecule has 162 valence electrons. The molecule has 2 aromatic rings. The first-order valence-corrected chi connectivity index (χ1v) is 10.2. The molecule has 2 amide bonds. The van der Waals surface area contributed by atoms with Crippen LogP contribution in [-0.4, -0.2) is 50.7 Å². The molecule has 0 saturated heterocycles. The Balaban J connectivity index is 1.82. The molecular weight excluding hydrogens is 413 g/mol. The van der Waals surface area contributed by atoms with Crippen LogP contribution in [0.3, 0.4) is 0 Å². The Morgan fingerprint density at radius 1 is 1.40 bits per heavy atom. The van der Waals surface area contributed by atoms with Gasteiger partial charge in [0.1, 0.15) is 11.6 Å². The van der Waals surface area contributed by atoms with E-state index in [0.717, 1.165) is 0 Å². The van der Waals surface area contributed by atoms with Gasteiger partial charge in [-0.1, -0.05) is 17.7 Å². The summed E-state index contributed by atoms with van der Waals surface area (Å²) in [5, 5.41) is 7.35. The van der Waals surface area contributed by atoms with Gasteiger partial charge in [-0.25, -0.2) is 13.9 Å². The van der Waals surface area contributed by atoms with Crippen molar-refractivity contribution >= 4 is 23.4 Å². The van der Waals surface area contributed by atoms with Crippen molar-refractivity contribution in [3.05, 3.63) is 50.9 Å². The van der Waals surface area contributed by atoms with Gasteiger partial charge in [-0.2, -0.15) is 5.10 Å². The minimum Gasteiger partial charge on any atom is -0.352 e. The highest BCUT2D eigenvalue weighted by molar-refractivity contribution is 6.31. The molecule has 8 nitrogen and oxygen atoms in total. The second-order valence-corrected chi connectivity index (χ2v) is 8.20. The minimum absolute atomic E-state index is 0.0187. The number of hydrogen-bond donors (Lipinski definition) is 1. The summed E-state index contributed by atoms with van der Waals surface area (Å²) in [5.74, 6) is -1.19. The Hall–Kier alpha value is -2.68. The van der Waals surface area contributed by atoms with Gasteiger partial charge in [0.05, 0.1) is 19.0 Å². The largest absolute Gasteiger partial charge is 0.352 e. The summed E-state index contributed by atoms with van der Waals surface area (Å²) in [5.41, 5.74) is 0.212. The van der Waals surface area contributed by atoms with Crippen LogP contribution in [-0.2, 0) is 22.7 Å². The molecule has 0 bridgehead atoms. The average Bonchev–Trinajstić information content (AvgIpc) is 2.98. The minimum atomic E-state index is -0.603. The monoisotopic (exact) mass is 437 g/mol. The van der Waals surface area contributed by atoms with Gasteiger partial charge in [-0.15, -0.1) is 0 Å². The summed E-state index contributed by atoms with van der Waals surface area (Å²) < 4.78 is 16.0. The van der Waals surface area contributed by atoms with E-state index < -0.39 is 11.7 Å². The first-order valence-electron chi connectivity index (χ1n) is 9.83. The van der Waals surface area contributed by atoms with Crippen LogP contribution in [0.15, 0.2) is 23.0 Å². The second kappa shape index (κ2) is 8.99. The lowest BCUT2D eigenvalue weighted by atomic mass is 9.97. The van der Waals surface area contributed by atoms with E-state index >= 15 is 0 Å². The van der Waals surface area contributed by atoms with Gasteiger partial charge >= 0.3 is 5.69 Å². The van der Waals surface area contributed by atoms with E-state index in [0.29, 0.717) is 30.8 Å². The molecule has 0 fully saturated rings. The summed E-state index contributed by atoms with van der Waals surface area (Å²) >= 11 is 6.07. The van der Waals surface area contributed by atoms with Gasteiger partial charge in [-0.05, 0) is 44.4 Å². The van der Waals surface area contributed by atoms with Gasteiger partial charge < -0.3 is 10.2 Å². The number of benzene rings is 1. The predicted molar refractivity (Wildman–Crippen MR) is 110 cm³/mol. The SMILES string of the molecule is CC(C)NC(=O)CN(C)C(=O)C1CCCn2c1nn(Cc1ccc(F)cc1Cl)c2=O. The first kappa shape index (κ1) is 22.0. The molecule has 1 aromatic carbocycles. The van der Waals surface area contributed by atoms with Crippen LogP contribution in [0.25, 0.3) is 0 Å². The van der Waals surface area contributed by atoms with E-state index in [9.17, 15) is 18.8 Å². The Kier molecular flexibility index (Phi) is 6.60. The number of nitrogens with zero attached hydrogens (tertiary/aromatic N) is 4. The summed E-state index contributed by atoms with van der Waals surface area (Å²) in [6.07, 6.45) is 1.20. The van der Waals surface area contributed by atoms with Crippen LogP contribution in [0.2, 0.25) is 5.02 Å². The molecule has 0 spiro atoms. The molecule has 0 aliphatic carbocycles. The van der Waals surface area contributed by atoms with Gasteiger partial charge in [-0.3, -0.25) is 14.2 Å². The molecule has 10 heteroatoms. The zero-order chi connectivity index (χ0) is 22.0. The van der Waals surface area contributed by atoms with E-state index in [1.807, 2.05) is 13.8 Å². The predicted octanol–water partition coefficient (Wildman–Crippen LogP) is 1.75. The highest BCUT2D eigenvalue weighted by Gasteiger charge is 2.33. The van der Waals surface area contributed by atoms with Crippen molar-refractivity contribution in [2.24, 2.45) is 0 Å². The van der Waals surface area contributed by atoms with E-state index in [-0.39, 0.29) is 41.7 Å². The number of nitrogens with one attached hydrogen (secondary N) is 1. The topological polar surface area (TPSA) is 89.2 Å². The average molecular weight is 438 g/mol. The number of amides is 2. The van der Waals surface area contributed by atoms with Crippen molar-refractivity contribution in [1.82, 2.24) is 24.6 Å². The smallest absolute Gasteiger partial charge is 0.346 e. The normalized spacial score (nSPS) is 15.7. The number of hydrogen-bond acceptors (Lipinski definition) is 4. The van der Waals surface area contributed by atoms with Crippen LogP contribution in [0.4, 0.5) is 4.39 Å². The van der Waals surface area contributed by atoms with Crippen molar-refractivity contribution in [1.29, 1.82) is 0 Å². The van der Waals surface area contributed by atoms with Gasteiger partial charge in [0.15, 0.2) is 0 Å². The van der Waals surface area contributed by atoms with Crippen molar-refractivity contribution in [2.45, 2.75) is 51.7 Å². The molecule has 3 rings (SSSR count). The zero-order valence-electron chi connectivity index (χ0n) is 17.2. The zero-order valence-corrected chi connectivity index (χ0v) is 17.9. The molecule has 0 saturated carbocycles. The summed E-state index contributed by atoms with van der Waals surface area (Å²) in [6.45, 7) is 4.17. The fraction of sp³-hybridized carbons (Fsp3) is 0.500. The molecule has 1 aliphatic rings. The number of carbonyl (C=O) groups excluding carboxylic acids is 2. The molecule has 1 unspecified atom stereocenters. The maximum Gasteiger partial charge on any atom is 0.346 e. The highest BCUT2D eigenvalue weighted by Crippen LogP contribution is 2.26. The Morgan fingerprint density at radius 3 is 2.80 bits per heavy atom. The van der Waals surface area contributed by atoms with E-state index in [1.165, 1.54) is 32.3 Å². The van der Waals surface area contributed by atoms with Crippen molar-refractivity contribution in [2.75, 3.05) is 13.6 Å². The molecule has 1 N–H and O–H groups in total. The fourth-order valence-corrected chi connectivity index (χ4v) is 3.81. The summed E-state index contributed by atoms with van der Waals surface area (Å²) in [4.78, 5) is 39.1. The maximum absolute atomic E-state index is 13.3. The number of rotatable bonds is 6. The lowest BCUT2D eigenvalue weighted by molar-refractivity contribution is -0.136. The number of aromatic nitrogens is 3. The van der Waals surface area contributed by atoms with Gasteiger partial charge in [0, 0.05) is 24.7 Å². The number of carbonyl (C=O) groups is 2. The van der Waals surface area contributed by atoms with Gasteiger partial charge in [0.25, 0.3) is 0 Å². The molecule has 1 aliphatic heterocycles. The maximum atomic E-state index is 13.3. The lowest BCUT2D eigenvalue weighted by Crippen LogP contribution is -2.43. The quantitative estimate of drug-likeness (QED) is 0.745. The fourth-order valence-electron chi connectivity index (χ4n) is 3.58. The van der Waals surface area contributed by atoms with E-state index in [1.54, 1.807) is 7.05 Å². The number of halogens is 2. The summed E-state index contributed by atoms with van der Waals surface area (Å²) in [7, 11) is 1.56. The van der Waals surface area contributed by atoms with Gasteiger partial charge in [0.2, 0.25) is 11.8 Å². The Morgan fingerprint density at radius 2 is 2.13 bits per heavy atom. The standard InChI is InChI=1S/C20H25ClFN5O3/c1-12(2)23-17(28)11-25(3)19(29)15-5-4-8-26-18(15)24-27(20(26)30)10-13-6-7-14(22)9-16(13)21/h6-7,9,12,15H,4-5,8,10-11H2,1-3H3,(H,23,28). The molecular formula is C20H25ClFN5O3. The van der Waals surface area contributed by atoms with E-state index in [2.05, 4.69) is 10.4 Å². The summed E-state index contributed by atoms with van der Waals surface area (Å²) in [6, 6.07) is 3.94. The molecule has 1 atom stereocenters. The second-order valence-electron chi connectivity index (χ2n) is 7.80. The van der Waals surface area contributed by atoms with Crippen molar-refractivity contribution in [3.8, 4) is 0 Å². The van der Waals surface area contributed by atoms with Crippen molar-refractivity contribution in [3.63, 3.8) is 0 Å². The third kappa shape index (κ3) is 4.72. The Labute approximate surface area is 178 Å². The first-order chi connectivity index (χ1) is 14.2. The third-order valence-electron chi connectivity index (χ3n) is 4.98. The van der Waals surface area contributed by atoms with Crippen LogP contribution < -0.4 is 11.0 Å². The molecule has 2 heterocycles. The molecule has 0 radical (unpaired) electrons. The van der Waals surface area contributed by atoms with Crippen LogP contribution in [0.5, 0.6) is 0 Å². The van der Waals surface area contributed by atoms with Crippen LogP contribution in [0, 0.1) is 5.82 Å². The third-order valence-corrected chi connectivity index (χ3v) is 5.33. The van der Waals surface area contributed by atoms with Crippen LogP contribution in [0.1, 0.15) is 44.0 Å². The van der Waals surface area contributed by atoms with Crippen molar-refractivity contribution < 1.29 is 14.0 Å². The highest BCUT2D eigenvalue weighted by atomic mass is 35.5. The number of fused-ring (bicyclic) bond motifs is 1.